The lowest BCUT2D eigenvalue weighted by Crippen LogP contribution is -2.02. The van der Waals surface area contributed by atoms with E-state index in [1.807, 2.05) is 37.7 Å². The molecule has 0 bridgehead atoms. The van der Waals surface area contributed by atoms with Crippen LogP contribution in [0.1, 0.15) is 23.9 Å². The summed E-state index contributed by atoms with van der Waals surface area (Å²) in [7, 11) is 1.96. The Morgan fingerprint density at radius 3 is 2.74 bits per heavy atom. The molecule has 4 heteroatoms. The van der Waals surface area contributed by atoms with Gasteiger partial charge in [0.1, 0.15) is 5.75 Å². The monoisotopic (exact) mass is 259 g/mol. The SMILES string of the molecule is CCOc1cccc(CNc2c(C)nn(C)c2C)c1. The molecular formula is C15H21N3O. The molecule has 0 atom stereocenters. The highest BCUT2D eigenvalue weighted by atomic mass is 16.5. The molecule has 2 aromatic rings. The van der Waals surface area contributed by atoms with Crippen LogP contribution in [-0.2, 0) is 13.6 Å². The van der Waals surface area contributed by atoms with Gasteiger partial charge in [-0.15, -0.1) is 0 Å². The van der Waals surface area contributed by atoms with Crippen LogP contribution in [0.4, 0.5) is 5.69 Å². The maximum atomic E-state index is 5.51. The van der Waals surface area contributed by atoms with Crippen molar-refractivity contribution in [3.8, 4) is 5.75 Å². The number of nitrogens with zero attached hydrogens (tertiary/aromatic N) is 2. The second kappa shape index (κ2) is 5.78. The van der Waals surface area contributed by atoms with Gasteiger partial charge in [0, 0.05) is 13.6 Å². The predicted octanol–water partition coefficient (Wildman–Crippen LogP) is 3.05. The minimum Gasteiger partial charge on any atom is -0.494 e. The molecule has 0 aliphatic heterocycles. The van der Waals surface area contributed by atoms with Gasteiger partial charge in [-0.2, -0.15) is 5.10 Å². The number of hydrogen-bond acceptors (Lipinski definition) is 3. The van der Waals surface area contributed by atoms with Gasteiger partial charge in [0.05, 0.1) is 23.7 Å². The first-order chi connectivity index (χ1) is 9.11. The second-order valence-corrected chi connectivity index (χ2v) is 4.60. The Bertz CT molecular complexity index is 561. The molecule has 0 spiro atoms. The third-order valence-corrected chi connectivity index (χ3v) is 3.19. The molecule has 0 fully saturated rings. The fourth-order valence-corrected chi connectivity index (χ4v) is 2.13. The minimum absolute atomic E-state index is 0.692. The van der Waals surface area contributed by atoms with E-state index in [9.17, 15) is 0 Å². The molecule has 4 nitrogen and oxygen atoms in total. The standard InChI is InChI=1S/C15H21N3O/c1-5-19-14-8-6-7-13(9-14)10-16-15-11(2)17-18(4)12(15)3/h6-9,16H,5,10H2,1-4H3. The Balaban J connectivity index is 2.08. The first-order valence-electron chi connectivity index (χ1n) is 6.57. The molecule has 0 aliphatic rings. The van der Waals surface area contributed by atoms with E-state index >= 15 is 0 Å². The van der Waals surface area contributed by atoms with Crippen molar-refractivity contribution in [3.05, 3.63) is 41.2 Å². The summed E-state index contributed by atoms with van der Waals surface area (Å²) in [6.45, 7) is 7.55. The van der Waals surface area contributed by atoms with Crippen molar-refractivity contribution < 1.29 is 4.74 Å². The highest BCUT2D eigenvalue weighted by molar-refractivity contribution is 5.52. The van der Waals surface area contributed by atoms with Crippen LogP contribution < -0.4 is 10.1 Å². The molecule has 1 aromatic carbocycles. The maximum absolute atomic E-state index is 5.51. The van der Waals surface area contributed by atoms with Gasteiger partial charge in [-0.3, -0.25) is 4.68 Å². The quantitative estimate of drug-likeness (QED) is 0.897. The Morgan fingerprint density at radius 1 is 1.32 bits per heavy atom. The molecule has 0 amide bonds. The molecule has 0 radical (unpaired) electrons. The van der Waals surface area contributed by atoms with Crippen molar-refractivity contribution in [2.75, 3.05) is 11.9 Å². The van der Waals surface area contributed by atoms with Gasteiger partial charge in [0.25, 0.3) is 0 Å². The molecule has 0 aliphatic carbocycles. The molecule has 1 N–H and O–H groups in total. The van der Waals surface area contributed by atoms with Gasteiger partial charge in [0.2, 0.25) is 0 Å². The van der Waals surface area contributed by atoms with Crippen molar-refractivity contribution in [2.45, 2.75) is 27.3 Å². The normalized spacial score (nSPS) is 10.5. The number of nitrogens with one attached hydrogen (secondary N) is 1. The first-order valence-corrected chi connectivity index (χ1v) is 6.57. The number of aryl methyl sites for hydroxylation is 2. The highest BCUT2D eigenvalue weighted by Gasteiger charge is 2.08. The highest BCUT2D eigenvalue weighted by Crippen LogP contribution is 2.20. The van der Waals surface area contributed by atoms with E-state index in [-0.39, 0.29) is 0 Å². The topological polar surface area (TPSA) is 39.1 Å². The van der Waals surface area contributed by atoms with Crippen LogP contribution in [0.5, 0.6) is 5.75 Å². The molecular weight excluding hydrogens is 238 g/mol. The lowest BCUT2D eigenvalue weighted by molar-refractivity contribution is 0.340. The van der Waals surface area contributed by atoms with Crippen molar-refractivity contribution in [2.24, 2.45) is 7.05 Å². The lowest BCUT2D eigenvalue weighted by atomic mass is 10.2. The smallest absolute Gasteiger partial charge is 0.119 e. The van der Waals surface area contributed by atoms with E-state index in [0.29, 0.717) is 6.61 Å². The number of rotatable bonds is 5. The van der Waals surface area contributed by atoms with Gasteiger partial charge in [-0.25, -0.2) is 0 Å². The summed E-state index contributed by atoms with van der Waals surface area (Å²) < 4.78 is 7.40. The van der Waals surface area contributed by atoms with Crippen molar-refractivity contribution in [3.63, 3.8) is 0 Å². The number of aromatic nitrogens is 2. The summed E-state index contributed by atoms with van der Waals surface area (Å²) >= 11 is 0. The molecule has 19 heavy (non-hydrogen) atoms. The van der Waals surface area contributed by atoms with Crippen LogP contribution in [0.3, 0.4) is 0 Å². The summed E-state index contributed by atoms with van der Waals surface area (Å²) in [5.41, 5.74) is 4.50. The molecule has 1 heterocycles. The van der Waals surface area contributed by atoms with E-state index in [4.69, 9.17) is 4.74 Å². The Hall–Kier alpha value is -1.97. The fourth-order valence-electron chi connectivity index (χ4n) is 2.13. The largest absolute Gasteiger partial charge is 0.494 e. The zero-order valence-electron chi connectivity index (χ0n) is 12.0. The van der Waals surface area contributed by atoms with Crippen LogP contribution in [0.2, 0.25) is 0 Å². The van der Waals surface area contributed by atoms with Crippen LogP contribution in [0.25, 0.3) is 0 Å². The van der Waals surface area contributed by atoms with Crippen molar-refractivity contribution in [1.29, 1.82) is 0 Å². The van der Waals surface area contributed by atoms with Crippen molar-refractivity contribution >= 4 is 5.69 Å². The van der Waals surface area contributed by atoms with Crippen LogP contribution >= 0.6 is 0 Å². The second-order valence-electron chi connectivity index (χ2n) is 4.60. The molecule has 0 saturated carbocycles. The third-order valence-electron chi connectivity index (χ3n) is 3.19. The fraction of sp³-hybridized carbons (Fsp3) is 0.400. The first kappa shape index (κ1) is 13.5. The Labute approximate surface area is 114 Å². The summed E-state index contributed by atoms with van der Waals surface area (Å²) in [5, 5.41) is 7.85. The van der Waals surface area contributed by atoms with Gasteiger partial charge in [-0.1, -0.05) is 12.1 Å². The molecule has 0 saturated heterocycles. The number of ether oxygens (including phenoxy) is 1. The number of anilines is 1. The third kappa shape index (κ3) is 3.08. The summed E-state index contributed by atoms with van der Waals surface area (Å²) in [4.78, 5) is 0. The predicted molar refractivity (Wildman–Crippen MR) is 77.6 cm³/mol. The van der Waals surface area contributed by atoms with Gasteiger partial charge < -0.3 is 10.1 Å². The van der Waals surface area contributed by atoms with E-state index < -0.39 is 0 Å². The summed E-state index contributed by atoms with van der Waals surface area (Å²) in [5.74, 6) is 0.918. The van der Waals surface area contributed by atoms with Crippen LogP contribution in [0.15, 0.2) is 24.3 Å². The molecule has 1 aromatic heterocycles. The molecule has 102 valence electrons. The van der Waals surface area contributed by atoms with E-state index in [0.717, 1.165) is 29.4 Å². The average Bonchev–Trinajstić information content (AvgIpc) is 2.62. The lowest BCUT2D eigenvalue weighted by Gasteiger charge is -2.09. The van der Waals surface area contributed by atoms with E-state index in [1.165, 1.54) is 5.56 Å². The van der Waals surface area contributed by atoms with Crippen LogP contribution in [0, 0.1) is 13.8 Å². The molecule has 2 rings (SSSR count). The van der Waals surface area contributed by atoms with Crippen molar-refractivity contribution in [1.82, 2.24) is 9.78 Å². The summed E-state index contributed by atoms with van der Waals surface area (Å²) in [6.07, 6.45) is 0. The Morgan fingerprint density at radius 2 is 2.11 bits per heavy atom. The average molecular weight is 259 g/mol. The van der Waals surface area contributed by atoms with E-state index in [2.05, 4.69) is 29.5 Å². The van der Waals surface area contributed by atoms with E-state index in [1.54, 1.807) is 0 Å². The van der Waals surface area contributed by atoms with Gasteiger partial charge >= 0.3 is 0 Å². The maximum Gasteiger partial charge on any atom is 0.119 e. The van der Waals surface area contributed by atoms with Gasteiger partial charge in [-0.05, 0) is 38.5 Å². The minimum atomic E-state index is 0.692. The zero-order chi connectivity index (χ0) is 13.8. The summed E-state index contributed by atoms with van der Waals surface area (Å²) in [6, 6.07) is 8.16. The van der Waals surface area contributed by atoms with Gasteiger partial charge in [0.15, 0.2) is 0 Å². The molecule has 0 unspecified atom stereocenters. The zero-order valence-corrected chi connectivity index (χ0v) is 12.0. The number of hydrogen-bond donors (Lipinski definition) is 1. The number of benzene rings is 1. The van der Waals surface area contributed by atoms with Crippen LogP contribution in [-0.4, -0.2) is 16.4 Å². The Kier molecular flexibility index (Phi) is 4.10.